The predicted octanol–water partition coefficient (Wildman–Crippen LogP) is 2.69. The van der Waals surface area contributed by atoms with E-state index in [-0.39, 0.29) is 12.2 Å². The maximum atomic E-state index is 13.3. The Morgan fingerprint density at radius 1 is 1.40 bits per heavy atom. The van der Waals surface area contributed by atoms with Gasteiger partial charge in [0.05, 0.1) is 13.0 Å². The highest BCUT2D eigenvalue weighted by atomic mass is 19.4. The predicted molar refractivity (Wildman–Crippen MR) is 56.0 cm³/mol. The van der Waals surface area contributed by atoms with Crippen LogP contribution in [0.1, 0.15) is 18.1 Å². The number of pyridine rings is 1. The summed E-state index contributed by atoms with van der Waals surface area (Å²) in [6.45, 7) is 0.233. The summed E-state index contributed by atoms with van der Waals surface area (Å²) in [7, 11) is 0. The van der Waals surface area contributed by atoms with E-state index in [4.69, 9.17) is 0 Å². The minimum absolute atomic E-state index is 0.0210. The van der Waals surface area contributed by atoms with E-state index in [2.05, 4.69) is 14.5 Å². The average Bonchev–Trinajstić information content (AvgIpc) is 2.33. The first-order chi connectivity index (χ1) is 9.28. The Hall–Kier alpha value is -1.93. The Bertz CT molecular complexity index is 490. The van der Waals surface area contributed by atoms with E-state index in [1.54, 1.807) is 0 Å². The lowest BCUT2D eigenvalue weighted by atomic mass is 10.1. The molecule has 0 N–H and O–H groups in total. The van der Waals surface area contributed by atoms with Crippen LogP contribution in [0.2, 0.25) is 0 Å². The molecule has 0 bridgehead atoms. The van der Waals surface area contributed by atoms with E-state index in [9.17, 15) is 26.7 Å². The maximum Gasteiger partial charge on any atom is 0.573 e. The van der Waals surface area contributed by atoms with Gasteiger partial charge >= 0.3 is 12.3 Å². The number of hydrogen-bond donors (Lipinski definition) is 0. The van der Waals surface area contributed by atoms with E-state index in [1.807, 2.05) is 0 Å². The van der Waals surface area contributed by atoms with Gasteiger partial charge < -0.3 is 9.47 Å². The quantitative estimate of drug-likeness (QED) is 0.476. The van der Waals surface area contributed by atoms with E-state index in [0.29, 0.717) is 6.20 Å². The van der Waals surface area contributed by atoms with Crippen molar-refractivity contribution in [3.8, 4) is 5.75 Å². The molecule has 0 aliphatic carbocycles. The first-order valence-corrected chi connectivity index (χ1v) is 5.42. The van der Waals surface area contributed by atoms with Gasteiger partial charge in [-0.05, 0) is 6.92 Å². The fourth-order valence-electron chi connectivity index (χ4n) is 1.43. The van der Waals surface area contributed by atoms with Gasteiger partial charge in [0.2, 0.25) is 0 Å². The second kappa shape index (κ2) is 6.49. The van der Waals surface area contributed by atoms with E-state index in [0.717, 1.165) is 0 Å². The molecular formula is C11H10F5NO3. The molecule has 0 saturated carbocycles. The van der Waals surface area contributed by atoms with Crippen molar-refractivity contribution in [1.29, 1.82) is 0 Å². The molecule has 1 aromatic heterocycles. The minimum Gasteiger partial charge on any atom is -0.466 e. The molecule has 1 heterocycles. The molecule has 0 saturated heterocycles. The molecule has 0 amide bonds. The first-order valence-electron chi connectivity index (χ1n) is 5.42. The number of halogens is 5. The zero-order valence-corrected chi connectivity index (χ0v) is 10.3. The van der Waals surface area contributed by atoms with Crippen LogP contribution in [0.4, 0.5) is 22.0 Å². The van der Waals surface area contributed by atoms with Crippen LogP contribution < -0.4 is 4.74 Å². The number of carbonyl (C=O) groups is 1. The van der Waals surface area contributed by atoms with Crippen molar-refractivity contribution in [2.45, 2.75) is 26.4 Å². The number of ether oxygens (including phenoxy) is 2. The number of nitrogens with zero attached hydrogens (tertiary/aromatic N) is 1. The molecule has 0 spiro atoms. The van der Waals surface area contributed by atoms with Crippen molar-refractivity contribution in [3.63, 3.8) is 0 Å². The number of rotatable bonds is 5. The van der Waals surface area contributed by atoms with Gasteiger partial charge in [0.15, 0.2) is 5.75 Å². The van der Waals surface area contributed by atoms with Crippen LogP contribution in [0.5, 0.6) is 5.75 Å². The number of aromatic nitrogens is 1. The molecule has 0 atom stereocenters. The molecule has 1 aromatic rings. The lowest BCUT2D eigenvalue weighted by molar-refractivity contribution is -0.276. The molecule has 0 aliphatic rings. The molecule has 20 heavy (non-hydrogen) atoms. The Kier molecular flexibility index (Phi) is 5.23. The molecule has 4 nitrogen and oxygen atoms in total. The summed E-state index contributed by atoms with van der Waals surface area (Å²) in [6, 6.07) is 0. The molecule has 0 aromatic carbocycles. The Balaban J connectivity index is 3.21. The summed E-state index contributed by atoms with van der Waals surface area (Å²) in [5, 5.41) is 0. The van der Waals surface area contributed by atoms with Crippen molar-refractivity contribution in [2.75, 3.05) is 6.61 Å². The second-order valence-electron chi connectivity index (χ2n) is 3.55. The van der Waals surface area contributed by atoms with Gasteiger partial charge in [0, 0.05) is 17.3 Å². The van der Waals surface area contributed by atoms with Crippen molar-refractivity contribution >= 4 is 5.97 Å². The molecule has 0 radical (unpaired) electrons. The van der Waals surface area contributed by atoms with Crippen LogP contribution in [0.25, 0.3) is 0 Å². The second-order valence-corrected chi connectivity index (χ2v) is 3.55. The molecule has 0 unspecified atom stereocenters. The number of hydrogen-bond acceptors (Lipinski definition) is 4. The normalized spacial score (nSPS) is 11.3. The van der Waals surface area contributed by atoms with Crippen LogP contribution >= 0.6 is 0 Å². The van der Waals surface area contributed by atoms with Crippen LogP contribution in [0, 0.1) is 5.95 Å². The lowest BCUT2D eigenvalue weighted by Crippen LogP contribution is -2.21. The standard InChI is InChI=1S/C11H10F5NO3/c1-2-19-8(18)3-7-6(4-12)5-17-10(13)9(7)20-11(14,15)16/h5H,2-4H2,1H3. The van der Waals surface area contributed by atoms with Crippen LogP contribution in [0.3, 0.4) is 0 Å². The third-order valence-corrected chi connectivity index (χ3v) is 2.17. The third-order valence-electron chi connectivity index (χ3n) is 2.17. The number of alkyl halides is 4. The Morgan fingerprint density at radius 3 is 2.55 bits per heavy atom. The van der Waals surface area contributed by atoms with E-state index >= 15 is 0 Å². The Morgan fingerprint density at radius 2 is 2.05 bits per heavy atom. The van der Waals surface area contributed by atoms with Crippen molar-refractivity contribution in [3.05, 3.63) is 23.3 Å². The minimum atomic E-state index is -5.19. The highest BCUT2D eigenvalue weighted by Gasteiger charge is 2.35. The van der Waals surface area contributed by atoms with Gasteiger partial charge in [-0.2, -0.15) is 4.39 Å². The summed E-state index contributed by atoms with van der Waals surface area (Å²) in [6.07, 6.45) is -5.24. The zero-order valence-electron chi connectivity index (χ0n) is 10.3. The van der Waals surface area contributed by atoms with Crippen LogP contribution in [-0.2, 0) is 22.6 Å². The maximum absolute atomic E-state index is 13.3. The molecule has 0 fully saturated rings. The fourth-order valence-corrected chi connectivity index (χ4v) is 1.43. The summed E-state index contributed by atoms with van der Waals surface area (Å²) in [5.74, 6) is -3.83. The van der Waals surface area contributed by atoms with Gasteiger partial charge in [-0.3, -0.25) is 4.79 Å². The largest absolute Gasteiger partial charge is 0.573 e. The summed E-state index contributed by atoms with van der Waals surface area (Å²) >= 11 is 0. The van der Waals surface area contributed by atoms with Crippen LogP contribution in [0.15, 0.2) is 6.20 Å². The van der Waals surface area contributed by atoms with Crippen LogP contribution in [-0.4, -0.2) is 23.9 Å². The van der Waals surface area contributed by atoms with E-state index < -0.39 is 42.7 Å². The van der Waals surface area contributed by atoms with Gasteiger partial charge in [0.1, 0.15) is 6.67 Å². The first kappa shape index (κ1) is 16.1. The smallest absolute Gasteiger partial charge is 0.466 e. The SMILES string of the molecule is CCOC(=O)Cc1c(CF)cnc(F)c1OC(F)(F)F. The topological polar surface area (TPSA) is 48.4 Å². The van der Waals surface area contributed by atoms with Crippen molar-refractivity contribution in [1.82, 2.24) is 4.98 Å². The zero-order chi connectivity index (χ0) is 15.3. The molecule has 1 rings (SSSR count). The third kappa shape index (κ3) is 4.32. The van der Waals surface area contributed by atoms with Gasteiger partial charge in [-0.1, -0.05) is 0 Å². The highest BCUT2D eigenvalue weighted by molar-refractivity contribution is 5.74. The summed E-state index contributed by atoms with van der Waals surface area (Å²) < 4.78 is 70.6. The fraction of sp³-hybridized carbons (Fsp3) is 0.455. The monoisotopic (exact) mass is 299 g/mol. The van der Waals surface area contributed by atoms with Crippen molar-refractivity contribution in [2.24, 2.45) is 0 Å². The van der Waals surface area contributed by atoms with Gasteiger partial charge in [-0.15, -0.1) is 13.2 Å². The highest BCUT2D eigenvalue weighted by Crippen LogP contribution is 2.31. The number of esters is 1. The molecular weight excluding hydrogens is 289 g/mol. The van der Waals surface area contributed by atoms with E-state index in [1.165, 1.54) is 6.92 Å². The summed E-state index contributed by atoms with van der Waals surface area (Å²) in [5.41, 5.74) is -0.950. The molecule has 112 valence electrons. The molecule has 0 aliphatic heterocycles. The number of carbonyl (C=O) groups excluding carboxylic acids is 1. The van der Waals surface area contributed by atoms with Crippen molar-refractivity contribution < 1.29 is 36.2 Å². The average molecular weight is 299 g/mol. The summed E-state index contributed by atoms with van der Waals surface area (Å²) in [4.78, 5) is 14.2. The van der Waals surface area contributed by atoms with Gasteiger partial charge in [0.25, 0.3) is 5.95 Å². The lowest BCUT2D eigenvalue weighted by Gasteiger charge is -2.15. The van der Waals surface area contributed by atoms with Gasteiger partial charge in [-0.25, -0.2) is 9.37 Å². The molecule has 9 heteroatoms. The Labute approximate surface area is 110 Å².